The predicted molar refractivity (Wildman–Crippen MR) is 62.1 cm³/mol. The molecule has 16 heavy (non-hydrogen) atoms. The minimum absolute atomic E-state index is 0.219. The van der Waals surface area contributed by atoms with Crippen molar-refractivity contribution in [2.45, 2.75) is 20.4 Å². The topological polar surface area (TPSA) is 66.4 Å². The fraction of sp³-hybridized carbons (Fsp3) is 0.455. The van der Waals surface area contributed by atoms with Gasteiger partial charge in [0.15, 0.2) is 0 Å². The van der Waals surface area contributed by atoms with Gasteiger partial charge < -0.3 is 10.4 Å². The third kappa shape index (κ3) is 3.34. The van der Waals surface area contributed by atoms with Gasteiger partial charge in [-0.25, -0.2) is 0 Å². The highest BCUT2D eigenvalue weighted by Gasteiger charge is 2.25. The number of hydrogen-bond acceptors (Lipinski definition) is 3. The van der Waals surface area contributed by atoms with Crippen molar-refractivity contribution in [3.05, 3.63) is 22.4 Å². The van der Waals surface area contributed by atoms with E-state index in [0.717, 1.165) is 4.88 Å². The van der Waals surface area contributed by atoms with Crippen LogP contribution >= 0.6 is 11.3 Å². The van der Waals surface area contributed by atoms with Crippen LogP contribution in [-0.2, 0) is 16.1 Å². The minimum Gasteiger partial charge on any atom is -0.481 e. The maximum absolute atomic E-state index is 11.6. The molecule has 1 aromatic heterocycles. The second kappa shape index (κ2) is 5.65. The van der Waals surface area contributed by atoms with Crippen molar-refractivity contribution in [3.63, 3.8) is 0 Å². The van der Waals surface area contributed by atoms with Crippen molar-refractivity contribution in [3.8, 4) is 0 Å². The van der Waals surface area contributed by atoms with Gasteiger partial charge >= 0.3 is 5.97 Å². The van der Waals surface area contributed by atoms with Gasteiger partial charge in [-0.2, -0.15) is 0 Å². The molecular weight excluding hydrogens is 226 g/mol. The van der Waals surface area contributed by atoms with Gasteiger partial charge in [-0.05, 0) is 11.4 Å². The van der Waals surface area contributed by atoms with Crippen LogP contribution < -0.4 is 5.32 Å². The third-order valence-electron chi connectivity index (χ3n) is 2.57. The van der Waals surface area contributed by atoms with Gasteiger partial charge in [0.25, 0.3) is 0 Å². The average Bonchev–Trinajstić information content (AvgIpc) is 2.76. The molecule has 0 spiro atoms. The molecule has 0 aromatic carbocycles. The third-order valence-corrected chi connectivity index (χ3v) is 3.45. The quantitative estimate of drug-likeness (QED) is 0.825. The number of nitrogens with one attached hydrogen (secondary N) is 1. The normalized spacial score (nSPS) is 14.1. The Morgan fingerprint density at radius 1 is 1.44 bits per heavy atom. The van der Waals surface area contributed by atoms with Crippen LogP contribution in [-0.4, -0.2) is 17.0 Å². The monoisotopic (exact) mass is 241 g/mol. The lowest BCUT2D eigenvalue weighted by atomic mass is 9.95. The van der Waals surface area contributed by atoms with E-state index >= 15 is 0 Å². The summed E-state index contributed by atoms with van der Waals surface area (Å²) in [5.41, 5.74) is 0. The zero-order valence-electron chi connectivity index (χ0n) is 9.27. The lowest BCUT2D eigenvalue weighted by Crippen LogP contribution is -2.34. The Morgan fingerprint density at radius 3 is 2.62 bits per heavy atom. The largest absolute Gasteiger partial charge is 0.481 e. The Morgan fingerprint density at radius 2 is 2.12 bits per heavy atom. The lowest BCUT2D eigenvalue weighted by Gasteiger charge is -2.15. The number of carbonyl (C=O) groups excluding carboxylic acids is 1. The first kappa shape index (κ1) is 12.7. The molecule has 1 amide bonds. The van der Waals surface area contributed by atoms with E-state index in [0.29, 0.717) is 6.54 Å². The number of aliphatic carboxylic acids is 1. The van der Waals surface area contributed by atoms with E-state index in [1.807, 2.05) is 17.5 Å². The Balaban J connectivity index is 2.43. The molecule has 0 bridgehead atoms. The summed E-state index contributed by atoms with van der Waals surface area (Å²) < 4.78 is 0. The average molecular weight is 241 g/mol. The first-order chi connectivity index (χ1) is 7.52. The maximum atomic E-state index is 11.6. The molecule has 0 aliphatic heterocycles. The minimum atomic E-state index is -0.946. The molecule has 0 fully saturated rings. The van der Waals surface area contributed by atoms with Crippen LogP contribution in [0.25, 0.3) is 0 Å². The molecule has 4 nitrogen and oxygen atoms in total. The molecule has 2 unspecified atom stereocenters. The van der Waals surface area contributed by atoms with E-state index < -0.39 is 17.8 Å². The van der Waals surface area contributed by atoms with E-state index in [2.05, 4.69) is 5.32 Å². The van der Waals surface area contributed by atoms with Crippen LogP contribution in [0.1, 0.15) is 18.7 Å². The Kier molecular flexibility index (Phi) is 4.49. The number of thiophene rings is 1. The second-order valence-corrected chi connectivity index (χ2v) is 4.75. The van der Waals surface area contributed by atoms with Crippen molar-refractivity contribution < 1.29 is 14.7 Å². The zero-order valence-corrected chi connectivity index (χ0v) is 10.1. The van der Waals surface area contributed by atoms with Gasteiger partial charge in [0.05, 0.1) is 12.5 Å². The summed E-state index contributed by atoms with van der Waals surface area (Å²) in [7, 11) is 0. The molecule has 1 rings (SSSR count). The van der Waals surface area contributed by atoms with Crippen molar-refractivity contribution in [1.29, 1.82) is 0 Å². The van der Waals surface area contributed by atoms with Gasteiger partial charge in [0.2, 0.25) is 5.91 Å². The maximum Gasteiger partial charge on any atom is 0.307 e. The lowest BCUT2D eigenvalue weighted by molar-refractivity contribution is -0.146. The highest BCUT2D eigenvalue weighted by Crippen LogP contribution is 2.12. The standard InChI is InChI=1S/C11H15NO3S/c1-7(8(2)11(14)15)10(13)12-6-9-4-3-5-16-9/h3-5,7-8H,6H2,1-2H3,(H,12,13)(H,14,15). The molecule has 0 saturated carbocycles. The van der Waals surface area contributed by atoms with E-state index in [1.54, 1.807) is 18.3 Å². The van der Waals surface area contributed by atoms with Crippen LogP contribution in [0.2, 0.25) is 0 Å². The number of hydrogen-bond donors (Lipinski definition) is 2. The van der Waals surface area contributed by atoms with Crippen molar-refractivity contribution in [1.82, 2.24) is 5.32 Å². The van der Waals surface area contributed by atoms with Gasteiger partial charge in [0, 0.05) is 10.8 Å². The van der Waals surface area contributed by atoms with Gasteiger partial charge in [-0.3, -0.25) is 9.59 Å². The molecule has 0 aliphatic rings. The van der Waals surface area contributed by atoms with E-state index in [1.165, 1.54) is 6.92 Å². The van der Waals surface area contributed by atoms with Crippen molar-refractivity contribution in [2.24, 2.45) is 11.8 Å². The van der Waals surface area contributed by atoms with Crippen LogP contribution in [0.4, 0.5) is 0 Å². The van der Waals surface area contributed by atoms with Gasteiger partial charge in [0.1, 0.15) is 0 Å². The molecule has 5 heteroatoms. The zero-order chi connectivity index (χ0) is 12.1. The fourth-order valence-electron chi connectivity index (χ4n) is 1.19. The van der Waals surface area contributed by atoms with Gasteiger partial charge in [-0.1, -0.05) is 19.9 Å². The molecule has 1 heterocycles. The number of carboxylic acid groups (broad SMARTS) is 1. The highest BCUT2D eigenvalue weighted by atomic mass is 32.1. The second-order valence-electron chi connectivity index (χ2n) is 3.71. The molecule has 1 aromatic rings. The van der Waals surface area contributed by atoms with Crippen LogP contribution in [0.15, 0.2) is 17.5 Å². The molecule has 2 atom stereocenters. The summed E-state index contributed by atoms with van der Waals surface area (Å²) in [6.45, 7) is 3.63. The first-order valence-corrected chi connectivity index (χ1v) is 5.93. The first-order valence-electron chi connectivity index (χ1n) is 5.05. The van der Waals surface area contributed by atoms with Crippen LogP contribution in [0.3, 0.4) is 0 Å². The summed E-state index contributed by atoms with van der Waals surface area (Å²) in [6, 6.07) is 3.84. The van der Waals surface area contributed by atoms with Crippen LogP contribution in [0, 0.1) is 11.8 Å². The van der Waals surface area contributed by atoms with Crippen molar-refractivity contribution in [2.75, 3.05) is 0 Å². The van der Waals surface area contributed by atoms with Gasteiger partial charge in [-0.15, -0.1) is 11.3 Å². The van der Waals surface area contributed by atoms with E-state index in [4.69, 9.17) is 5.11 Å². The fourth-order valence-corrected chi connectivity index (χ4v) is 1.83. The molecule has 2 N–H and O–H groups in total. The summed E-state index contributed by atoms with van der Waals surface area (Å²) in [6.07, 6.45) is 0. The summed E-state index contributed by atoms with van der Waals surface area (Å²) in [4.78, 5) is 23.4. The summed E-state index contributed by atoms with van der Waals surface area (Å²) in [5.74, 6) is -2.34. The van der Waals surface area contributed by atoms with E-state index in [9.17, 15) is 9.59 Å². The Hall–Kier alpha value is -1.36. The van der Waals surface area contributed by atoms with E-state index in [-0.39, 0.29) is 5.91 Å². The Bertz CT molecular complexity index is 361. The number of carboxylic acids is 1. The SMILES string of the molecule is CC(C(=O)O)C(C)C(=O)NCc1cccs1. The molecule has 0 aliphatic carbocycles. The summed E-state index contributed by atoms with van der Waals surface area (Å²) in [5, 5.41) is 13.4. The smallest absolute Gasteiger partial charge is 0.307 e. The number of rotatable bonds is 5. The molecule has 0 radical (unpaired) electrons. The Labute approximate surface area is 98.3 Å². The molecule has 0 saturated heterocycles. The summed E-state index contributed by atoms with van der Waals surface area (Å²) >= 11 is 1.56. The van der Waals surface area contributed by atoms with Crippen molar-refractivity contribution >= 4 is 23.2 Å². The highest BCUT2D eigenvalue weighted by molar-refractivity contribution is 7.09. The predicted octanol–water partition coefficient (Wildman–Crippen LogP) is 1.72. The molecular formula is C11H15NO3S. The number of amides is 1. The number of carbonyl (C=O) groups is 2. The van der Waals surface area contributed by atoms with Crippen LogP contribution in [0.5, 0.6) is 0 Å². The molecule has 88 valence electrons.